The summed E-state index contributed by atoms with van der Waals surface area (Å²) in [6.45, 7) is 1.41. The quantitative estimate of drug-likeness (QED) is 0.500. The summed E-state index contributed by atoms with van der Waals surface area (Å²) in [5.74, 6) is 1.30. The van der Waals surface area contributed by atoms with Crippen molar-refractivity contribution in [3.63, 3.8) is 0 Å². The Bertz CT molecular complexity index is 909. The van der Waals surface area contributed by atoms with Gasteiger partial charge in [-0.15, -0.1) is 0 Å². The molecule has 0 atom stereocenters. The van der Waals surface area contributed by atoms with Crippen LogP contribution in [0.1, 0.15) is 12.8 Å². The molecule has 6 nitrogen and oxygen atoms in total. The third-order valence-electron chi connectivity index (χ3n) is 4.55. The summed E-state index contributed by atoms with van der Waals surface area (Å²) >= 11 is 1.37. The molecule has 3 aromatic rings. The average molecular weight is 380 g/mol. The molecule has 0 spiro atoms. The number of para-hydroxylation sites is 1. The molecule has 1 aliphatic rings. The van der Waals surface area contributed by atoms with Crippen molar-refractivity contribution in [1.29, 1.82) is 0 Å². The second-order valence-electron chi connectivity index (χ2n) is 6.35. The Hall–Kier alpha value is -2.67. The van der Waals surface area contributed by atoms with Crippen molar-refractivity contribution in [3.8, 4) is 5.75 Å². The number of rotatable bonds is 5. The van der Waals surface area contributed by atoms with Crippen LogP contribution in [-0.4, -0.2) is 50.7 Å². The first kappa shape index (κ1) is 17.7. The zero-order chi connectivity index (χ0) is 18.5. The van der Waals surface area contributed by atoms with E-state index in [0.717, 1.165) is 29.5 Å². The van der Waals surface area contributed by atoms with Gasteiger partial charge in [-0.1, -0.05) is 30.0 Å². The number of nitrogens with zero attached hydrogens (tertiary/aromatic N) is 4. The number of carbonyl (C=O) groups excluding carboxylic acids is 1. The maximum absolute atomic E-state index is 12.4. The minimum Gasteiger partial charge on any atom is -0.488 e. The van der Waals surface area contributed by atoms with Gasteiger partial charge in [0.1, 0.15) is 17.4 Å². The number of hydrogen-bond donors (Lipinski definition) is 0. The summed E-state index contributed by atoms with van der Waals surface area (Å²) in [6.07, 6.45) is 6.90. The van der Waals surface area contributed by atoms with Gasteiger partial charge in [0, 0.05) is 49.9 Å². The Morgan fingerprint density at radius 1 is 1.04 bits per heavy atom. The number of pyridine rings is 1. The minimum atomic E-state index is 0.103. The number of amides is 1. The highest BCUT2D eigenvalue weighted by Gasteiger charge is 2.24. The molecule has 1 aliphatic heterocycles. The lowest BCUT2D eigenvalue weighted by Crippen LogP contribution is -2.42. The first-order valence-electron chi connectivity index (χ1n) is 8.97. The second kappa shape index (κ2) is 8.35. The third kappa shape index (κ3) is 4.36. The van der Waals surface area contributed by atoms with Crippen LogP contribution in [0.25, 0.3) is 10.9 Å². The highest BCUT2D eigenvalue weighted by atomic mass is 32.2. The molecule has 0 radical (unpaired) electrons. The molecule has 0 N–H and O–H groups in total. The Balaban J connectivity index is 1.30. The van der Waals surface area contributed by atoms with Crippen LogP contribution in [0.2, 0.25) is 0 Å². The van der Waals surface area contributed by atoms with Gasteiger partial charge in [0.05, 0.1) is 5.75 Å². The average Bonchev–Trinajstić information content (AvgIpc) is 2.74. The van der Waals surface area contributed by atoms with Crippen molar-refractivity contribution < 1.29 is 9.53 Å². The molecule has 0 bridgehead atoms. The van der Waals surface area contributed by atoms with Crippen molar-refractivity contribution in [2.45, 2.75) is 24.1 Å². The number of piperidine rings is 1. The molecule has 0 aliphatic carbocycles. The van der Waals surface area contributed by atoms with Crippen LogP contribution in [0, 0.1) is 0 Å². The molecule has 1 saturated heterocycles. The number of fused-ring (bicyclic) bond motifs is 1. The molecule has 138 valence electrons. The third-order valence-corrected chi connectivity index (χ3v) is 5.41. The molecule has 1 amide bonds. The van der Waals surface area contributed by atoms with Gasteiger partial charge in [-0.3, -0.25) is 9.78 Å². The number of ether oxygens (including phenoxy) is 1. The highest BCUT2D eigenvalue weighted by molar-refractivity contribution is 7.99. The van der Waals surface area contributed by atoms with E-state index in [1.807, 2.05) is 35.2 Å². The van der Waals surface area contributed by atoms with Crippen LogP contribution < -0.4 is 4.74 Å². The van der Waals surface area contributed by atoms with Gasteiger partial charge < -0.3 is 9.64 Å². The van der Waals surface area contributed by atoms with Gasteiger partial charge in [-0.2, -0.15) is 0 Å². The van der Waals surface area contributed by atoms with Gasteiger partial charge >= 0.3 is 0 Å². The van der Waals surface area contributed by atoms with Crippen LogP contribution in [-0.2, 0) is 4.79 Å². The normalized spacial score (nSPS) is 15.0. The summed E-state index contributed by atoms with van der Waals surface area (Å²) in [4.78, 5) is 27.0. The second-order valence-corrected chi connectivity index (χ2v) is 7.29. The highest BCUT2D eigenvalue weighted by Crippen LogP contribution is 2.26. The predicted molar refractivity (Wildman–Crippen MR) is 105 cm³/mol. The Kier molecular flexibility index (Phi) is 5.48. The largest absolute Gasteiger partial charge is 0.488 e. The molecule has 1 aromatic carbocycles. The van der Waals surface area contributed by atoms with Crippen LogP contribution in [0.3, 0.4) is 0 Å². The van der Waals surface area contributed by atoms with Crippen molar-refractivity contribution in [1.82, 2.24) is 19.9 Å². The Morgan fingerprint density at radius 2 is 1.78 bits per heavy atom. The van der Waals surface area contributed by atoms with Crippen molar-refractivity contribution in [2.75, 3.05) is 18.8 Å². The lowest BCUT2D eigenvalue weighted by molar-refractivity contribution is -0.130. The first-order valence-corrected chi connectivity index (χ1v) is 9.96. The van der Waals surface area contributed by atoms with E-state index in [0.29, 0.717) is 24.0 Å². The number of thioether (sulfide) groups is 1. The molecule has 2 aromatic heterocycles. The van der Waals surface area contributed by atoms with Crippen LogP contribution in [0.15, 0.2) is 60.1 Å². The maximum Gasteiger partial charge on any atom is 0.233 e. The van der Waals surface area contributed by atoms with E-state index < -0.39 is 0 Å². The van der Waals surface area contributed by atoms with E-state index in [-0.39, 0.29) is 12.0 Å². The van der Waals surface area contributed by atoms with Gasteiger partial charge in [0.15, 0.2) is 5.16 Å². The molecule has 3 heterocycles. The van der Waals surface area contributed by atoms with E-state index in [2.05, 4.69) is 15.0 Å². The van der Waals surface area contributed by atoms with Gasteiger partial charge in [-0.25, -0.2) is 9.97 Å². The van der Waals surface area contributed by atoms with E-state index in [1.54, 1.807) is 24.7 Å². The predicted octanol–water partition coefficient (Wildman–Crippen LogP) is 3.19. The van der Waals surface area contributed by atoms with Crippen LogP contribution in [0.5, 0.6) is 5.75 Å². The summed E-state index contributed by atoms with van der Waals surface area (Å²) < 4.78 is 6.20. The lowest BCUT2D eigenvalue weighted by atomic mass is 10.1. The Labute approximate surface area is 162 Å². The molecule has 1 fully saturated rings. The number of benzene rings is 1. The Morgan fingerprint density at radius 3 is 2.59 bits per heavy atom. The van der Waals surface area contributed by atoms with Crippen molar-refractivity contribution in [3.05, 3.63) is 55.0 Å². The molecule has 4 rings (SSSR count). The summed E-state index contributed by atoms with van der Waals surface area (Å²) in [5.41, 5.74) is 0.887. The van der Waals surface area contributed by atoms with Gasteiger partial charge in [0.2, 0.25) is 5.91 Å². The number of carbonyl (C=O) groups is 1. The lowest BCUT2D eigenvalue weighted by Gasteiger charge is -2.32. The van der Waals surface area contributed by atoms with Gasteiger partial charge in [-0.05, 0) is 18.2 Å². The SMILES string of the molecule is O=C(CSc1ncccn1)N1CCC(Oc2cccc3cccnc23)CC1. The molecule has 0 saturated carbocycles. The van der Waals surface area contributed by atoms with E-state index in [4.69, 9.17) is 4.74 Å². The zero-order valence-corrected chi connectivity index (χ0v) is 15.6. The molecule has 7 heteroatoms. The first-order chi connectivity index (χ1) is 13.3. The monoisotopic (exact) mass is 380 g/mol. The fourth-order valence-electron chi connectivity index (χ4n) is 3.15. The van der Waals surface area contributed by atoms with E-state index in [9.17, 15) is 4.79 Å². The maximum atomic E-state index is 12.4. The number of aromatic nitrogens is 3. The molecular weight excluding hydrogens is 360 g/mol. The minimum absolute atomic E-state index is 0.103. The molecular formula is C20H20N4O2S. The summed E-state index contributed by atoms with van der Waals surface area (Å²) in [7, 11) is 0. The summed E-state index contributed by atoms with van der Waals surface area (Å²) in [6, 6.07) is 11.7. The molecule has 0 unspecified atom stereocenters. The van der Waals surface area contributed by atoms with Gasteiger partial charge in [0.25, 0.3) is 0 Å². The van der Waals surface area contributed by atoms with Crippen molar-refractivity contribution in [2.24, 2.45) is 0 Å². The fraction of sp³-hybridized carbons (Fsp3) is 0.300. The van der Waals surface area contributed by atoms with Crippen molar-refractivity contribution >= 4 is 28.6 Å². The molecule has 27 heavy (non-hydrogen) atoms. The summed E-state index contributed by atoms with van der Waals surface area (Å²) in [5, 5.41) is 1.70. The number of likely N-dealkylation sites (tertiary alicyclic amines) is 1. The standard InChI is InChI=1S/C20H20N4O2S/c25-18(14-27-20-22-10-3-11-23-20)24-12-7-16(8-13-24)26-17-6-1-4-15-5-2-9-21-19(15)17/h1-6,9-11,16H,7-8,12-14H2. The van der Waals surface area contributed by atoms with Crippen LogP contribution in [0.4, 0.5) is 0 Å². The van der Waals surface area contributed by atoms with Crippen LogP contribution >= 0.6 is 11.8 Å². The topological polar surface area (TPSA) is 68.2 Å². The van der Waals surface area contributed by atoms with E-state index in [1.165, 1.54) is 11.8 Å². The van der Waals surface area contributed by atoms with E-state index >= 15 is 0 Å². The fourth-order valence-corrected chi connectivity index (χ4v) is 3.86. The zero-order valence-electron chi connectivity index (χ0n) is 14.8. The smallest absolute Gasteiger partial charge is 0.233 e. The number of hydrogen-bond acceptors (Lipinski definition) is 6.